The summed E-state index contributed by atoms with van der Waals surface area (Å²) in [5.41, 5.74) is 1.14. The van der Waals surface area contributed by atoms with Gasteiger partial charge in [0.15, 0.2) is 0 Å². The van der Waals surface area contributed by atoms with Crippen LogP contribution in [0, 0.1) is 6.92 Å². The highest BCUT2D eigenvalue weighted by Crippen LogP contribution is 2.25. The summed E-state index contributed by atoms with van der Waals surface area (Å²) in [6, 6.07) is 2.02. The molecule has 0 aliphatic heterocycles. The summed E-state index contributed by atoms with van der Waals surface area (Å²) in [4.78, 5) is 5.18. The average Bonchev–Trinajstić information content (AvgIpc) is 2.86. The van der Waals surface area contributed by atoms with Gasteiger partial charge >= 0.3 is 0 Å². The van der Waals surface area contributed by atoms with Crippen molar-refractivity contribution in [2.24, 2.45) is 0 Å². The monoisotopic (exact) mass is 237 g/mol. The van der Waals surface area contributed by atoms with E-state index in [1.807, 2.05) is 30.0 Å². The van der Waals surface area contributed by atoms with Crippen LogP contribution in [0.4, 0.5) is 0 Å². The van der Waals surface area contributed by atoms with E-state index in [1.54, 1.807) is 11.3 Å². The van der Waals surface area contributed by atoms with Crippen molar-refractivity contribution in [3.8, 4) is 0 Å². The van der Waals surface area contributed by atoms with Crippen molar-refractivity contribution in [2.75, 3.05) is 0 Å². The van der Waals surface area contributed by atoms with Gasteiger partial charge < -0.3 is 5.11 Å². The minimum Gasteiger partial charge on any atom is -0.387 e. The van der Waals surface area contributed by atoms with E-state index in [0.29, 0.717) is 6.42 Å². The molecule has 16 heavy (non-hydrogen) atoms. The third kappa shape index (κ3) is 2.15. The Morgan fingerprint density at radius 2 is 2.38 bits per heavy atom. The van der Waals surface area contributed by atoms with Crippen molar-refractivity contribution in [1.29, 1.82) is 0 Å². The number of thiophene rings is 1. The molecule has 0 spiro atoms. The van der Waals surface area contributed by atoms with E-state index in [9.17, 15) is 5.11 Å². The summed E-state index contributed by atoms with van der Waals surface area (Å²) in [7, 11) is 0. The first-order chi connectivity index (χ1) is 7.72. The summed E-state index contributed by atoms with van der Waals surface area (Å²) >= 11 is 1.59. The molecule has 0 fully saturated rings. The van der Waals surface area contributed by atoms with Crippen LogP contribution in [0.2, 0.25) is 0 Å². The van der Waals surface area contributed by atoms with E-state index in [2.05, 4.69) is 10.1 Å². The van der Waals surface area contributed by atoms with Crippen LogP contribution >= 0.6 is 11.3 Å². The largest absolute Gasteiger partial charge is 0.387 e. The van der Waals surface area contributed by atoms with Crippen molar-refractivity contribution in [3.63, 3.8) is 0 Å². The number of nitrogens with zero attached hydrogens (tertiary/aromatic N) is 3. The van der Waals surface area contributed by atoms with E-state index >= 15 is 0 Å². The van der Waals surface area contributed by atoms with E-state index in [1.165, 1.54) is 6.33 Å². The molecule has 0 saturated heterocycles. The molecular weight excluding hydrogens is 222 g/mol. The number of hydrogen-bond donors (Lipinski definition) is 1. The molecule has 0 aromatic carbocycles. The Balaban J connectivity index is 2.13. The number of aromatic nitrogens is 3. The molecule has 2 heterocycles. The van der Waals surface area contributed by atoms with Gasteiger partial charge in [0.2, 0.25) is 0 Å². The van der Waals surface area contributed by atoms with E-state index in [0.717, 1.165) is 22.8 Å². The van der Waals surface area contributed by atoms with Gasteiger partial charge in [-0.05, 0) is 30.9 Å². The second-order valence-corrected chi connectivity index (χ2v) is 4.63. The molecule has 0 radical (unpaired) electrons. The maximum Gasteiger partial charge on any atom is 0.138 e. The van der Waals surface area contributed by atoms with E-state index < -0.39 is 6.10 Å². The summed E-state index contributed by atoms with van der Waals surface area (Å²) < 4.78 is 1.81. The van der Waals surface area contributed by atoms with Gasteiger partial charge in [0.25, 0.3) is 0 Å². The van der Waals surface area contributed by atoms with E-state index in [-0.39, 0.29) is 0 Å². The molecule has 4 nitrogen and oxygen atoms in total. The number of aliphatic hydroxyl groups excluding tert-OH is 1. The highest BCUT2D eigenvalue weighted by Gasteiger charge is 2.15. The maximum absolute atomic E-state index is 10.1. The molecule has 0 aliphatic carbocycles. The highest BCUT2D eigenvalue weighted by molar-refractivity contribution is 7.10. The van der Waals surface area contributed by atoms with Gasteiger partial charge in [-0.2, -0.15) is 5.10 Å². The van der Waals surface area contributed by atoms with Crippen LogP contribution in [0.1, 0.15) is 29.3 Å². The standard InChI is InChI=1S/C11H15N3OS/c1-3-14-10(12-7-13-14)6-9(15)11-8(2)4-5-16-11/h4-5,7,9,15H,3,6H2,1-2H3. The quantitative estimate of drug-likeness (QED) is 0.884. The second kappa shape index (κ2) is 4.76. The molecule has 0 aliphatic rings. The summed E-state index contributed by atoms with van der Waals surface area (Å²) in [6.45, 7) is 4.81. The van der Waals surface area contributed by atoms with Crippen LogP contribution in [0.3, 0.4) is 0 Å². The number of aryl methyl sites for hydroxylation is 2. The zero-order valence-corrected chi connectivity index (χ0v) is 10.2. The Hall–Kier alpha value is -1.20. The van der Waals surface area contributed by atoms with Crippen LogP contribution in [0.5, 0.6) is 0 Å². The molecule has 2 aromatic heterocycles. The van der Waals surface area contributed by atoms with Gasteiger partial charge in [0.1, 0.15) is 12.2 Å². The van der Waals surface area contributed by atoms with Gasteiger partial charge in [0, 0.05) is 17.8 Å². The first-order valence-electron chi connectivity index (χ1n) is 5.31. The third-order valence-corrected chi connectivity index (χ3v) is 3.70. The Bertz CT molecular complexity index is 463. The van der Waals surface area contributed by atoms with Gasteiger partial charge in [-0.25, -0.2) is 4.98 Å². The third-order valence-electron chi connectivity index (χ3n) is 2.58. The van der Waals surface area contributed by atoms with Crippen molar-refractivity contribution < 1.29 is 5.11 Å². The van der Waals surface area contributed by atoms with Crippen LogP contribution in [-0.2, 0) is 13.0 Å². The van der Waals surface area contributed by atoms with Crippen LogP contribution in [0.15, 0.2) is 17.8 Å². The lowest BCUT2D eigenvalue weighted by molar-refractivity contribution is 0.177. The molecule has 0 saturated carbocycles. The fourth-order valence-electron chi connectivity index (χ4n) is 1.70. The van der Waals surface area contributed by atoms with Gasteiger partial charge in [-0.15, -0.1) is 11.3 Å². The molecule has 1 atom stereocenters. The topological polar surface area (TPSA) is 50.9 Å². The lowest BCUT2D eigenvalue weighted by Crippen LogP contribution is -2.09. The highest BCUT2D eigenvalue weighted by atomic mass is 32.1. The first kappa shape index (κ1) is 11.3. The minimum atomic E-state index is -0.477. The predicted octanol–water partition coefficient (Wildman–Crippen LogP) is 1.94. The zero-order valence-electron chi connectivity index (χ0n) is 9.42. The molecule has 1 N–H and O–H groups in total. The Morgan fingerprint density at radius 1 is 1.56 bits per heavy atom. The molecular formula is C11H15N3OS. The molecule has 2 aromatic rings. The Labute approximate surface area is 98.6 Å². The van der Waals surface area contributed by atoms with Gasteiger partial charge in [0.05, 0.1) is 6.10 Å². The van der Waals surface area contributed by atoms with Crippen molar-refractivity contribution in [2.45, 2.75) is 32.9 Å². The van der Waals surface area contributed by atoms with E-state index in [4.69, 9.17) is 0 Å². The molecule has 2 rings (SSSR count). The van der Waals surface area contributed by atoms with Crippen molar-refractivity contribution in [3.05, 3.63) is 34.0 Å². The molecule has 1 unspecified atom stereocenters. The lowest BCUT2D eigenvalue weighted by atomic mass is 10.1. The Kier molecular flexibility index (Phi) is 3.36. The lowest BCUT2D eigenvalue weighted by Gasteiger charge is -2.09. The number of hydrogen-bond acceptors (Lipinski definition) is 4. The normalized spacial score (nSPS) is 12.9. The summed E-state index contributed by atoms with van der Waals surface area (Å²) in [6.07, 6.45) is 1.58. The van der Waals surface area contributed by atoms with Gasteiger partial charge in [-0.3, -0.25) is 4.68 Å². The summed E-state index contributed by atoms with van der Waals surface area (Å²) in [5.74, 6) is 0.836. The van der Waals surface area contributed by atoms with Gasteiger partial charge in [-0.1, -0.05) is 0 Å². The Morgan fingerprint density at radius 3 is 3.00 bits per heavy atom. The average molecular weight is 237 g/mol. The molecule has 5 heteroatoms. The fourth-order valence-corrected chi connectivity index (χ4v) is 2.61. The minimum absolute atomic E-state index is 0.477. The van der Waals surface area contributed by atoms with Crippen molar-refractivity contribution in [1.82, 2.24) is 14.8 Å². The number of rotatable bonds is 4. The first-order valence-corrected chi connectivity index (χ1v) is 6.19. The SMILES string of the molecule is CCn1ncnc1CC(O)c1sccc1C. The summed E-state index contributed by atoms with van der Waals surface area (Å²) in [5, 5.41) is 16.2. The predicted molar refractivity (Wildman–Crippen MR) is 63.4 cm³/mol. The van der Waals surface area contributed by atoms with Crippen LogP contribution in [-0.4, -0.2) is 19.9 Å². The second-order valence-electron chi connectivity index (χ2n) is 3.68. The molecule has 86 valence electrons. The van der Waals surface area contributed by atoms with Crippen molar-refractivity contribution >= 4 is 11.3 Å². The molecule has 0 bridgehead atoms. The zero-order chi connectivity index (χ0) is 11.5. The van der Waals surface area contributed by atoms with Crippen LogP contribution in [0.25, 0.3) is 0 Å². The fraction of sp³-hybridized carbons (Fsp3) is 0.455. The van der Waals surface area contributed by atoms with Crippen LogP contribution < -0.4 is 0 Å². The smallest absolute Gasteiger partial charge is 0.138 e. The molecule has 0 amide bonds. The number of aliphatic hydroxyl groups is 1. The maximum atomic E-state index is 10.1.